The minimum Gasteiger partial charge on any atom is -0.397 e. The Morgan fingerprint density at radius 3 is 2.55 bits per heavy atom. The Labute approximate surface area is 121 Å². The highest BCUT2D eigenvalue weighted by Gasteiger charge is 2.23. The molecular weight excluding hydrogens is 279 g/mol. The number of amides is 1. The van der Waals surface area contributed by atoms with Gasteiger partial charge in [-0.05, 0) is 31.2 Å². The van der Waals surface area contributed by atoms with E-state index in [2.05, 4.69) is 0 Å². The first-order valence-electron chi connectivity index (χ1n) is 6.16. The van der Waals surface area contributed by atoms with Crippen LogP contribution in [-0.4, -0.2) is 12.5 Å². The standard InChI is InChI=1S/C15H14ClFN2O/c1-2-19(13-9-4-3-8-12(13)18)15(20)14-10(16)6-5-7-11(14)17/h3-9H,2,18H2,1H3. The highest BCUT2D eigenvalue weighted by atomic mass is 35.5. The number of carbonyl (C=O) groups excluding carboxylic acids is 1. The van der Waals surface area contributed by atoms with Crippen LogP contribution >= 0.6 is 11.6 Å². The molecule has 0 radical (unpaired) electrons. The summed E-state index contributed by atoms with van der Waals surface area (Å²) < 4.78 is 13.9. The normalized spacial score (nSPS) is 10.3. The maximum Gasteiger partial charge on any atom is 0.262 e. The molecule has 0 aliphatic rings. The van der Waals surface area contributed by atoms with Gasteiger partial charge >= 0.3 is 0 Å². The van der Waals surface area contributed by atoms with Gasteiger partial charge in [0.25, 0.3) is 5.91 Å². The Hall–Kier alpha value is -2.07. The first-order chi connectivity index (χ1) is 9.56. The topological polar surface area (TPSA) is 46.3 Å². The molecule has 0 heterocycles. The van der Waals surface area contributed by atoms with Gasteiger partial charge in [0.05, 0.1) is 22.0 Å². The van der Waals surface area contributed by atoms with Crippen LogP contribution in [0, 0.1) is 5.82 Å². The molecule has 2 rings (SSSR count). The second kappa shape index (κ2) is 5.92. The van der Waals surface area contributed by atoms with E-state index in [1.54, 1.807) is 31.2 Å². The van der Waals surface area contributed by atoms with Gasteiger partial charge in [0.1, 0.15) is 5.82 Å². The Morgan fingerprint density at radius 1 is 1.25 bits per heavy atom. The van der Waals surface area contributed by atoms with Crippen LogP contribution in [0.5, 0.6) is 0 Å². The van der Waals surface area contributed by atoms with Gasteiger partial charge < -0.3 is 10.6 Å². The zero-order valence-electron chi connectivity index (χ0n) is 10.9. The summed E-state index contributed by atoms with van der Waals surface area (Å²) in [5.41, 5.74) is 6.72. The molecule has 0 saturated heterocycles. The minimum atomic E-state index is -0.643. The lowest BCUT2D eigenvalue weighted by atomic mass is 10.1. The largest absolute Gasteiger partial charge is 0.397 e. The molecule has 2 N–H and O–H groups in total. The predicted octanol–water partition coefficient (Wildman–Crippen LogP) is 3.73. The van der Waals surface area contributed by atoms with Crippen LogP contribution in [-0.2, 0) is 0 Å². The van der Waals surface area contributed by atoms with Crippen molar-refractivity contribution >= 4 is 28.9 Å². The number of nitrogens with zero attached hydrogens (tertiary/aromatic N) is 1. The first-order valence-corrected chi connectivity index (χ1v) is 6.54. The number of rotatable bonds is 3. The Morgan fingerprint density at radius 2 is 1.95 bits per heavy atom. The van der Waals surface area contributed by atoms with Crippen molar-refractivity contribution in [3.63, 3.8) is 0 Å². The smallest absolute Gasteiger partial charge is 0.262 e. The van der Waals surface area contributed by atoms with Crippen LogP contribution in [0.15, 0.2) is 42.5 Å². The predicted molar refractivity (Wildman–Crippen MR) is 79.6 cm³/mol. The fourth-order valence-electron chi connectivity index (χ4n) is 1.99. The number of carbonyl (C=O) groups is 1. The number of para-hydroxylation sites is 2. The molecule has 0 aliphatic carbocycles. The molecule has 104 valence electrons. The van der Waals surface area contributed by atoms with Gasteiger partial charge in [0.15, 0.2) is 0 Å². The van der Waals surface area contributed by atoms with E-state index in [9.17, 15) is 9.18 Å². The zero-order valence-corrected chi connectivity index (χ0v) is 11.7. The van der Waals surface area contributed by atoms with Gasteiger partial charge in [-0.15, -0.1) is 0 Å². The molecule has 0 fully saturated rings. The average molecular weight is 293 g/mol. The summed E-state index contributed by atoms with van der Waals surface area (Å²) in [5.74, 6) is -1.15. The summed E-state index contributed by atoms with van der Waals surface area (Å²) in [6.07, 6.45) is 0. The first kappa shape index (κ1) is 14.3. The lowest BCUT2D eigenvalue weighted by Gasteiger charge is -2.23. The molecule has 0 saturated carbocycles. The highest BCUT2D eigenvalue weighted by molar-refractivity contribution is 6.34. The van der Waals surface area contributed by atoms with Gasteiger partial charge in [0.2, 0.25) is 0 Å². The van der Waals surface area contributed by atoms with E-state index in [0.717, 1.165) is 0 Å². The summed E-state index contributed by atoms with van der Waals surface area (Å²) in [4.78, 5) is 13.9. The quantitative estimate of drug-likeness (QED) is 0.876. The summed E-state index contributed by atoms with van der Waals surface area (Å²) in [6, 6.07) is 11.1. The number of halogens is 2. The molecule has 1 amide bonds. The van der Waals surface area contributed by atoms with E-state index in [0.29, 0.717) is 17.9 Å². The number of benzene rings is 2. The van der Waals surface area contributed by atoms with Crippen LogP contribution in [0.1, 0.15) is 17.3 Å². The molecule has 20 heavy (non-hydrogen) atoms. The number of anilines is 2. The van der Waals surface area contributed by atoms with E-state index >= 15 is 0 Å². The summed E-state index contributed by atoms with van der Waals surface area (Å²) >= 11 is 5.93. The van der Waals surface area contributed by atoms with Crippen LogP contribution in [0.3, 0.4) is 0 Å². The number of hydrogen-bond acceptors (Lipinski definition) is 2. The van der Waals surface area contributed by atoms with Crippen molar-refractivity contribution in [3.05, 3.63) is 58.9 Å². The van der Waals surface area contributed by atoms with Crippen molar-refractivity contribution in [2.75, 3.05) is 17.2 Å². The second-order valence-corrected chi connectivity index (χ2v) is 4.61. The maximum absolute atomic E-state index is 13.9. The summed E-state index contributed by atoms with van der Waals surface area (Å²) in [7, 11) is 0. The van der Waals surface area contributed by atoms with Crippen LogP contribution in [0.4, 0.5) is 15.8 Å². The van der Waals surface area contributed by atoms with E-state index < -0.39 is 11.7 Å². The lowest BCUT2D eigenvalue weighted by Crippen LogP contribution is -2.32. The van der Waals surface area contributed by atoms with Gasteiger partial charge in [-0.2, -0.15) is 0 Å². The molecule has 0 unspecified atom stereocenters. The van der Waals surface area contributed by atoms with E-state index in [1.165, 1.54) is 23.1 Å². The van der Waals surface area contributed by atoms with Crippen molar-refractivity contribution in [2.24, 2.45) is 0 Å². The third-order valence-corrected chi connectivity index (χ3v) is 3.28. The average Bonchev–Trinajstić information content (AvgIpc) is 2.41. The van der Waals surface area contributed by atoms with E-state index in [-0.39, 0.29) is 10.6 Å². The van der Waals surface area contributed by atoms with Gasteiger partial charge in [-0.3, -0.25) is 4.79 Å². The number of nitrogens with two attached hydrogens (primary N) is 1. The molecule has 5 heteroatoms. The van der Waals surface area contributed by atoms with E-state index in [1.807, 2.05) is 0 Å². The minimum absolute atomic E-state index is 0.0861. The Bertz CT molecular complexity index is 625. The molecule has 0 atom stereocenters. The zero-order chi connectivity index (χ0) is 14.7. The van der Waals surface area contributed by atoms with E-state index in [4.69, 9.17) is 17.3 Å². The molecule has 0 aromatic heterocycles. The van der Waals surface area contributed by atoms with Crippen molar-refractivity contribution in [1.82, 2.24) is 0 Å². The third-order valence-electron chi connectivity index (χ3n) is 2.97. The van der Waals surface area contributed by atoms with Gasteiger partial charge in [-0.25, -0.2) is 4.39 Å². The number of nitrogen functional groups attached to an aromatic ring is 1. The molecule has 2 aromatic rings. The van der Waals surface area contributed by atoms with Gasteiger partial charge in [0, 0.05) is 6.54 Å². The number of hydrogen-bond donors (Lipinski definition) is 1. The molecule has 0 bridgehead atoms. The summed E-state index contributed by atoms with van der Waals surface area (Å²) in [5, 5.41) is 0.0861. The highest BCUT2D eigenvalue weighted by Crippen LogP contribution is 2.27. The van der Waals surface area contributed by atoms with Crippen molar-refractivity contribution in [1.29, 1.82) is 0 Å². The molecule has 2 aromatic carbocycles. The fourth-order valence-corrected chi connectivity index (χ4v) is 2.24. The van der Waals surface area contributed by atoms with Crippen molar-refractivity contribution in [3.8, 4) is 0 Å². The monoisotopic (exact) mass is 292 g/mol. The summed E-state index contributed by atoms with van der Waals surface area (Å²) in [6.45, 7) is 2.15. The van der Waals surface area contributed by atoms with Crippen LogP contribution in [0.2, 0.25) is 5.02 Å². The maximum atomic E-state index is 13.9. The van der Waals surface area contributed by atoms with Crippen molar-refractivity contribution in [2.45, 2.75) is 6.92 Å². The van der Waals surface area contributed by atoms with Crippen LogP contribution < -0.4 is 10.6 Å². The Kier molecular flexibility index (Phi) is 4.25. The fraction of sp³-hybridized carbons (Fsp3) is 0.133. The lowest BCUT2D eigenvalue weighted by molar-refractivity contribution is 0.0984. The molecule has 3 nitrogen and oxygen atoms in total. The second-order valence-electron chi connectivity index (χ2n) is 4.20. The molecule has 0 spiro atoms. The van der Waals surface area contributed by atoms with Crippen molar-refractivity contribution < 1.29 is 9.18 Å². The van der Waals surface area contributed by atoms with Crippen LogP contribution in [0.25, 0.3) is 0 Å². The molecule has 0 aliphatic heterocycles. The molecular formula is C15H14ClFN2O. The Balaban J connectivity index is 2.48. The van der Waals surface area contributed by atoms with Gasteiger partial charge in [-0.1, -0.05) is 29.8 Å². The SMILES string of the molecule is CCN(C(=O)c1c(F)cccc1Cl)c1ccccc1N. The third kappa shape index (κ3) is 2.60.